The molecule has 0 bridgehead atoms. The van der Waals surface area contributed by atoms with E-state index in [-0.39, 0.29) is 18.5 Å². The number of benzene rings is 1. The summed E-state index contributed by atoms with van der Waals surface area (Å²) in [6, 6.07) is 7.66. The van der Waals surface area contributed by atoms with Crippen molar-refractivity contribution in [1.29, 1.82) is 0 Å². The molecule has 0 unspecified atom stereocenters. The molecule has 19 heavy (non-hydrogen) atoms. The molecule has 1 rings (SSSR count). The Kier molecular flexibility index (Phi) is 6.02. The van der Waals surface area contributed by atoms with E-state index in [1.165, 1.54) is 4.90 Å². The number of aliphatic carboxylic acids is 1. The van der Waals surface area contributed by atoms with Gasteiger partial charge in [-0.25, -0.2) is 0 Å². The summed E-state index contributed by atoms with van der Waals surface area (Å²) in [4.78, 5) is 24.2. The van der Waals surface area contributed by atoms with Gasteiger partial charge in [-0.3, -0.25) is 9.59 Å². The normalized spacial score (nSPS) is 10.5. The maximum Gasteiger partial charge on any atom is 0.323 e. The molecule has 1 aromatic carbocycles. The molecule has 1 amide bonds. The number of carboxylic acids is 1. The zero-order valence-corrected chi connectivity index (χ0v) is 12.7. The smallest absolute Gasteiger partial charge is 0.323 e. The summed E-state index contributed by atoms with van der Waals surface area (Å²) in [6.07, 6.45) is 0.934. The molecule has 1 aromatic rings. The molecule has 104 valence electrons. The molecule has 0 radical (unpaired) electrons. The number of aryl methyl sites for hydroxylation is 1. The lowest BCUT2D eigenvalue weighted by atomic mass is 10.1. The molecule has 0 aliphatic rings. The highest BCUT2D eigenvalue weighted by Crippen LogP contribution is 2.14. The van der Waals surface area contributed by atoms with Gasteiger partial charge in [0.2, 0.25) is 5.91 Å². The van der Waals surface area contributed by atoms with Gasteiger partial charge in [0.1, 0.15) is 6.54 Å². The minimum atomic E-state index is -0.982. The summed E-state index contributed by atoms with van der Waals surface area (Å²) in [5.41, 5.74) is 1.06. The van der Waals surface area contributed by atoms with Crippen LogP contribution < -0.4 is 0 Å². The van der Waals surface area contributed by atoms with Gasteiger partial charge in [0.25, 0.3) is 0 Å². The lowest BCUT2D eigenvalue weighted by Gasteiger charge is -2.24. The molecular formula is C14H18BrNO3. The van der Waals surface area contributed by atoms with Crippen molar-refractivity contribution in [3.05, 3.63) is 34.3 Å². The second-order valence-corrected chi connectivity index (χ2v) is 5.55. The molecule has 4 nitrogen and oxygen atoms in total. The molecule has 0 aromatic heterocycles. The van der Waals surface area contributed by atoms with Crippen LogP contribution in [0.4, 0.5) is 0 Å². The quantitative estimate of drug-likeness (QED) is 0.873. The van der Waals surface area contributed by atoms with E-state index in [1.807, 2.05) is 38.1 Å². The molecule has 0 aliphatic heterocycles. The lowest BCUT2D eigenvalue weighted by molar-refractivity contribution is -0.145. The average molecular weight is 328 g/mol. The fraction of sp³-hybridized carbons (Fsp3) is 0.429. The Balaban J connectivity index is 2.59. The van der Waals surface area contributed by atoms with Crippen molar-refractivity contribution in [2.24, 2.45) is 0 Å². The number of nitrogens with zero attached hydrogens (tertiary/aromatic N) is 1. The predicted molar refractivity (Wildman–Crippen MR) is 76.9 cm³/mol. The van der Waals surface area contributed by atoms with Crippen molar-refractivity contribution in [3.63, 3.8) is 0 Å². The van der Waals surface area contributed by atoms with Gasteiger partial charge in [-0.2, -0.15) is 0 Å². The van der Waals surface area contributed by atoms with E-state index in [2.05, 4.69) is 15.9 Å². The Labute approximate surface area is 121 Å². The van der Waals surface area contributed by atoms with Gasteiger partial charge in [-0.15, -0.1) is 0 Å². The van der Waals surface area contributed by atoms with Crippen molar-refractivity contribution in [2.45, 2.75) is 32.7 Å². The molecule has 1 N–H and O–H groups in total. The summed E-state index contributed by atoms with van der Waals surface area (Å²) in [6.45, 7) is 3.40. The highest BCUT2D eigenvalue weighted by atomic mass is 79.9. The number of halogens is 1. The number of carboxylic acid groups (broad SMARTS) is 1. The van der Waals surface area contributed by atoms with Gasteiger partial charge in [0.05, 0.1) is 0 Å². The molecule has 0 saturated heterocycles. The number of carbonyl (C=O) groups excluding carboxylic acids is 1. The Morgan fingerprint density at radius 3 is 2.58 bits per heavy atom. The summed E-state index contributed by atoms with van der Waals surface area (Å²) < 4.78 is 0.976. The number of hydrogen-bond acceptors (Lipinski definition) is 2. The van der Waals surface area contributed by atoms with Crippen molar-refractivity contribution < 1.29 is 14.7 Å². The van der Waals surface area contributed by atoms with Crippen molar-refractivity contribution in [1.82, 2.24) is 4.90 Å². The second kappa shape index (κ2) is 7.28. The third-order valence-electron chi connectivity index (χ3n) is 2.77. The van der Waals surface area contributed by atoms with E-state index in [9.17, 15) is 9.59 Å². The van der Waals surface area contributed by atoms with Gasteiger partial charge in [-0.1, -0.05) is 28.1 Å². The van der Waals surface area contributed by atoms with E-state index in [0.29, 0.717) is 12.8 Å². The zero-order valence-electron chi connectivity index (χ0n) is 11.1. The number of hydrogen-bond donors (Lipinski definition) is 1. The van der Waals surface area contributed by atoms with Crippen LogP contribution in [-0.2, 0) is 16.0 Å². The first-order valence-corrected chi connectivity index (χ1v) is 6.95. The summed E-state index contributed by atoms with van der Waals surface area (Å²) in [5, 5.41) is 8.80. The van der Waals surface area contributed by atoms with Gasteiger partial charge < -0.3 is 10.0 Å². The fourth-order valence-corrected chi connectivity index (χ4v) is 2.24. The largest absolute Gasteiger partial charge is 0.480 e. The highest BCUT2D eigenvalue weighted by Gasteiger charge is 2.19. The van der Waals surface area contributed by atoms with E-state index in [1.54, 1.807) is 0 Å². The number of rotatable bonds is 6. The molecule has 5 heteroatoms. The summed E-state index contributed by atoms with van der Waals surface area (Å²) in [5.74, 6) is -1.11. The van der Waals surface area contributed by atoms with E-state index < -0.39 is 5.97 Å². The third kappa shape index (κ3) is 5.42. The lowest BCUT2D eigenvalue weighted by Crippen LogP contribution is -2.40. The van der Waals surface area contributed by atoms with Crippen LogP contribution in [0, 0.1) is 0 Å². The maximum absolute atomic E-state index is 12.0. The second-order valence-electron chi connectivity index (χ2n) is 4.64. The topological polar surface area (TPSA) is 57.6 Å². The summed E-state index contributed by atoms with van der Waals surface area (Å²) >= 11 is 3.38. The Hall–Kier alpha value is -1.36. The predicted octanol–water partition coefficient (Wildman–Crippen LogP) is 2.70. The van der Waals surface area contributed by atoms with E-state index in [4.69, 9.17) is 5.11 Å². The van der Waals surface area contributed by atoms with Crippen LogP contribution in [0.15, 0.2) is 28.7 Å². The van der Waals surface area contributed by atoms with Crippen LogP contribution in [0.5, 0.6) is 0 Å². The molecule has 0 heterocycles. The minimum Gasteiger partial charge on any atom is -0.480 e. The van der Waals surface area contributed by atoms with Crippen LogP contribution in [-0.4, -0.2) is 34.5 Å². The van der Waals surface area contributed by atoms with E-state index >= 15 is 0 Å². The maximum atomic E-state index is 12.0. The van der Waals surface area contributed by atoms with Crippen LogP contribution in [0.1, 0.15) is 25.8 Å². The first-order chi connectivity index (χ1) is 8.90. The molecule has 0 spiro atoms. The number of carbonyl (C=O) groups is 2. The first kappa shape index (κ1) is 15.7. The van der Waals surface area contributed by atoms with Crippen LogP contribution in [0.2, 0.25) is 0 Å². The van der Waals surface area contributed by atoms with Crippen LogP contribution in [0.3, 0.4) is 0 Å². The molecule has 0 aliphatic carbocycles. The zero-order chi connectivity index (χ0) is 14.4. The average Bonchev–Trinajstić information content (AvgIpc) is 2.32. The van der Waals surface area contributed by atoms with E-state index in [0.717, 1.165) is 10.0 Å². The summed E-state index contributed by atoms with van der Waals surface area (Å²) in [7, 11) is 0. The first-order valence-electron chi connectivity index (χ1n) is 6.16. The van der Waals surface area contributed by atoms with Crippen LogP contribution >= 0.6 is 15.9 Å². The van der Waals surface area contributed by atoms with Crippen molar-refractivity contribution in [3.8, 4) is 0 Å². The third-order valence-corrected chi connectivity index (χ3v) is 3.26. The van der Waals surface area contributed by atoms with Gasteiger partial charge >= 0.3 is 5.97 Å². The van der Waals surface area contributed by atoms with Crippen LogP contribution in [0.25, 0.3) is 0 Å². The van der Waals surface area contributed by atoms with Gasteiger partial charge in [0, 0.05) is 16.9 Å². The highest BCUT2D eigenvalue weighted by molar-refractivity contribution is 9.10. The Morgan fingerprint density at radius 2 is 2.05 bits per heavy atom. The van der Waals surface area contributed by atoms with Gasteiger partial charge in [-0.05, 0) is 38.0 Å². The standard InChI is InChI=1S/C14H18BrNO3/c1-10(2)16(9-14(18)19)13(17)7-6-11-4-3-5-12(15)8-11/h3-5,8,10H,6-7,9H2,1-2H3,(H,18,19). The molecule has 0 fully saturated rings. The Bertz CT molecular complexity index is 460. The molecule has 0 atom stereocenters. The minimum absolute atomic E-state index is 0.105. The molecular weight excluding hydrogens is 310 g/mol. The van der Waals surface area contributed by atoms with Crippen molar-refractivity contribution >= 4 is 27.8 Å². The van der Waals surface area contributed by atoms with Gasteiger partial charge in [0.15, 0.2) is 0 Å². The van der Waals surface area contributed by atoms with Crippen molar-refractivity contribution in [2.75, 3.05) is 6.54 Å². The molecule has 0 saturated carbocycles. The monoisotopic (exact) mass is 327 g/mol. The fourth-order valence-electron chi connectivity index (χ4n) is 1.79. The SMILES string of the molecule is CC(C)N(CC(=O)O)C(=O)CCc1cccc(Br)c1. The Morgan fingerprint density at radius 1 is 1.37 bits per heavy atom. The number of amides is 1.